The van der Waals surface area contributed by atoms with Crippen LogP contribution >= 0.6 is 11.3 Å². The van der Waals surface area contributed by atoms with Gasteiger partial charge in [0, 0.05) is 12.8 Å². The van der Waals surface area contributed by atoms with Crippen LogP contribution in [0, 0.1) is 0 Å². The Bertz CT molecular complexity index is 673. The topological polar surface area (TPSA) is 73.3 Å². The van der Waals surface area contributed by atoms with E-state index >= 15 is 0 Å². The summed E-state index contributed by atoms with van der Waals surface area (Å²) < 4.78 is 10.8. The van der Waals surface area contributed by atoms with Gasteiger partial charge < -0.3 is 14.8 Å². The summed E-state index contributed by atoms with van der Waals surface area (Å²) >= 11 is 1.43. The van der Waals surface area contributed by atoms with E-state index < -0.39 is 0 Å². The molecule has 6 nitrogen and oxygen atoms in total. The summed E-state index contributed by atoms with van der Waals surface area (Å²) in [6.07, 6.45) is 2.90. The van der Waals surface area contributed by atoms with E-state index in [0.29, 0.717) is 36.1 Å². The van der Waals surface area contributed by atoms with Gasteiger partial charge in [0.25, 0.3) is 0 Å². The van der Waals surface area contributed by atoms with Crippen molar-refractivity contribution in [1.29, 1.82) is 0 Å². The van der Waals surface area contributed by atoms with E-state index in [-0.39, 0.29) is 5.91 Å². The van der Waals surface area contributed by atoms with Crippen LogP contribution < -0.4 is 14.8 Å². The highest BCUT2D eigenvalue weighted by Gasteiger charge is 2.10. The summed E-state index contributed by atoms with van der Waals surface area (Å²) in [5.41, 5.74) is 1.02. The van der Waals surface area contributed by atoms with Gasteiger partial charge in [-0.05, 0) is 37.5 Å². The highest BCUT2D eigenvalue weighted by Crippen LogP contribution is 2.28. The molecule has 7 heteroatoms. The molecule has 0 atom stereocenters. The number of hydrogen-bond acceptors (Lipinski definition) is 6. The van der Waals surface area contributed by atoms with Crippen LogP contribution in [0.25, 0.3) is 0 Å². The van der Waals surface area contributed by atoms with Crippen LogP contribution in [0.3, 0.4) is 0 Å². The maximum Gasteiger partial charge on any atom is 0.226 e. The predicted octanol–water partition coefficient (Wildman–Crippen LogP) is 3.47. The average Bonchev–Trinajstić information content (AvgIpc) is 3.01. The number of carbonyl (C=O) groups is 1. The molecule has 130 valence electrons. The average molecular weight is 349 g/mol. The molecule has 1 amide bonds. The molecule has 0 unspecified atom stereocenters. The van der Waals surface area contributed by atoms with Crippen molar-refractivity contribution in [3.8, 4) is 11.5 Å². The summed E-state index contributed by atoms with van der Waals surface area (Å²) in [6, 6.07) is 5.73. The molecule has 0 aliphatic carbocycles. The number of nitrogens with zero attached hydrogens (tertiary/aromatic N) is 2. The smallest absolute Gasteiger partial charge is 0.226 e. The van der Waals surface area contributed by atoms with Crippen LogP contribution in [-0.2, 0) is 17.6 Å². The SMILES string of the molecule is CCCc1nnc(NC(=O)CCc2ccc(OCC)c(OC)c2)s1. The number of amides is 1. The van der Waals surface area contributed by atoms with Crippen LogP contribution in [0.1, 0.15) is 37.3 Å². The monoisotopic (exact) mass is 349 g/mol. The third-order valence-electron chi connectivity index (χ3n) is 3.35. The number of hydrogen-bond donors (Lipinski definition) is 1. The van der Waals surface area contributed by atoms with Crippen molar-refractivity contribution in [1.82, 2.24) is 10.2 Å². The molecule has 0 aliphatic heterocycles. The third-order valence-corrected chi connectivity index (χ3v) is 4.24. The van der Waals surface area contributed by atoms with Crippen molar-refractivity contribution in [2.75, 3.05) is 19.0 Å². The molecule has 0 radical (unpaired) electrons. The molecule has 1 heterocycles. The quantitative estimate of drug-likeness (QED) is 0.750. The van der Waals surface area contributed by atoms with Gasteiger partial charge in [0.2, 0.25) is 11.0 Å². The summed E-state index contributed by atoms with van der Waals surface area (Å²) in [5.74, 6) is 1.33. The summed E-state index contributed by atoms with van der Waals surface area (Å²) in [4.78, 5) is 12.0. The van der Waals surface area contributed by atoms with E-state index in [0.717, 1.165) is 23.4 Å². The number of benzene rings is 1. The zero-order valence-corrected chi connectivity index (χ0v) is 15.1. The van der Waals surface area contributed by atoms with Crippen molar-refractivity contribution >= 4 is 22.4 Å². The number of methoxy groups -OCH3 is 1. The van der Waals surface area contributed by atoms with Crippen molar-refractivity contribution in [2.24, 2.45) is 0 Å². The Morgan fingerprint density at radius 1 is 1.21 bits per heavy atom. The normalized spacial score (nSPS) is 10.5. The maximum absolute atomic E-state index is 12.0. The third kappa shape index (κ3) is 5.19. The minimum atomic E-state index is -0.0675. The number of ether oxygens (including phenoxy) is 2. The molecule has 0 bridgehead atoms. The Morgan fingerprint density at radius 3 is 2.75 bits per heavy atom. The van der Waals surface area contributed by atoms with Crippen LogP contribution in [0.5, 0.6) is 11.5 Å². The molecule has 0 saturated carbocycles. The largest absolute Gasteiger partial charge is 0.493 e. The molecule has 24 heavy (non-hydrogen) atoms. The molecular formula is C17H23N3O3S. The van der Waals surface area contributed by atoms with E-state index in [9.17, 15) is 4.79 Å². The fraction of sp³-hybridized carbons (Fsp3) is 0.471. The van der Waals surface area contributed by atoms with E-state index in [1.165, 1.54) is 11.3 Å². The first-order chi connectivity index (χ1) is 11.7. The van der Waals surface area contributed by atoms with Crippen LogP contribution in [-0.4, -0.2) is 29.8 Å². The molecule has 2 aromatic rings. The van der Waals surface area contributed by atoms with Gasteiger partial charge in [0.05, 0.1) is 13.7 Å². The van der Waals surface area contributed by atoms with Crippen LogP contribution in [0.15, 0.2) is 18.2 Å². The standard InChI is InChI=1S/C17H23N3O3S/c1-4-6-16-19-20-17(24-16)18-15(21)10-8-12-7-9-13(23-5-2)14(11-12)22-3/h7,9,11H,4-6,8,10H2,1-3H3,(H,18,20,21). The Balaban J connectivity index is 1.88. The Morgan fingerprint density at radius 2 is 2.04 bits per heavy atom. The number of aryl methyl sites for hydroxylation is 2. The lowest BCUT2D eigenvalue weighted by molar-refractivity contribution is -0.116. The first-order valence-electron chi connectivity index (χ1n) is 8.08. The van der Waals surface area contributed by atoms with Crippen LogP contribution in [0.4, 0.5) is 5.13 Å². The molecule has 1 N–H and O–H groups in total. The van der Waals surface area contributed by atoms with E-state index in [1.807, 2.05) is 25.1 Å². The summed E-state index contributed by atoms with van der Waals surface area (Å²) in [6.45, 7) is 4.60. The fourth-order valence-electron chi connectivity index (χ4n) is 2.20. The highest BCUT2D eigenvalue weighted by atomic mass is 32.1. The number of anilines is 1. The maximum atomic E-state index is 12.0. The van der Waals surface area contributed by atoms with Gasteiger partial charge in [-0.2, -0.15) is 0 Å². The van der Waals surface area contributed by atoms with Crippen molar-refractivity contribution in [3.05, 3.63) is 28.8 Å². The van der Waals surface area contributed by atoms with E-state index in [2.05, 4.69) is 22.4 Å². The second kappa shape index (κ2) is 9.22. The lowest BCUT2D eigenvalue weighted by atomic mass is 10.1. The minimum absolute atomic E-state index is 0.0675. The molecule has 0 spiro atoms. The minimum Gasteiger partial charge on any atom is -0.493 e. The van der Waals surface area contributed by atoms with Gasteiger partial charge >= 0.3 is 0 Å². The molecular weight excluding hydrogens is 326 g/mol. The number of rotatable bonds is 9. The molecule has 0 saturated heterocycles. The lowest BCUT2D eigenvalue weighted by Gasteiger charge is -2.10. The van der Waals surface area contributed by atoms with Crippen molar-refractivity contribution in [2.45, 2.75) is 39.5 Å². The summed E-state index contributed by atoms with van der Waals surface area (Å²) in [7, 11) is 1.61. The molecule has 2 rings (SSSR count). The molecule has 0 fully saturated rings. The van der Waals surface area contributed by atoms with Gasteiger partial charge in [0.15, 0.2) is 11.5 Å². The Labute approximate surface area is 146 Å². The summed E-state index contributed by atoms with van der Waals surface area (Å²) in [5, 5.41) is 12.4. The number of carbonyl (C=O) groups excluding carboxylic acids is 1. The second-order valence-corrected chi connectivity index (χ2v) is 6.28. The zero-order valence-electron chi connectivity index (χ0n) is 14.3. The first-order valence-corrected chi connectivity index (χ1v) is 8.89. The van der Waals surface area contributed by atoms with Gasteiger partial charge in [-0.25, -0.2) is 0 Å². The fourth-order valence-corrected chi connectivity index (χ4v) is 3.06. The van der Waals surface area contributed by atoms with Gasteiger partial charge in [0.1, 0.15) is 5.01 Å². The molecule has 0 aliphatic rings. The van der Waals surface area contributed by atoms with Crippen molar-refractivity contribution in [3.63, 3.8) is 0 Å². The lowest BCUT2D eigenvalue weighted by Crippen LogP contribution is -2.12. The molecule has 1 aromatic heterocycles. The second-order valence-electron chi connectivity index (χ2n) is 5.22. The highest BCUT2D eigenvalue weighted by molar-refractivity contribution is 7.15. The first kappa shape index (κ1) is 18.2. The molecule has 1 aromatic carbocycles. The predicted molar refractivity (Wildman–Crippen MR) is 95.0 cm³/mol. The van der Waals surface area contributed by atoms with Gasteiger partial charge in [-0.15, -0.1) is 10.2 Å². The Hall–Kier alpha value is -2.15. The van der Waals surface area contributed by atoms with E-state index in [4.69, 9.17) is 9.47 Å². The zero-order chi connectivity index (χ0) is 17.4. The van der Waals surface area contributed by atoms with Crippen LogP contribution in [0.2, 0.25) is 0 Å². The number of nitrogens with one attached hydrogen (secondary N) is 1. The van der Waals surface area contributed by atoms with Gasteiger partial charge in [-0.1, -0.05) is 24.3 Å². The number of aromatic nitrogens is 2. The van der Waals surface area contributed by atoms with Crippen molar-refractivity contribution < 1.29 is 14.3 Å². The van der Waals surface area contributed by atoms with E-state index in [1.54, 1.807) is 7.11 Å². The van der Waals surface area contributed by atoms with Gasteiger partial charge in [-0.3, -0.25) is 4.79 Å². The Kier molecular flexibility index (Phi) is 6.99.